The van der Waals surface area contributed by atoms with Gasteiger partial charge in [0.15, 0.2) is 16.8 Å². The predicted octanol–water partition coefficient (Wildman–Crippen LogP) is 6.83. The number of hydrogen-bond acceptors (Lipinski definition) is 6. The molecule has 0 bridgehead atoms. The van der Waals surface area contributed by atoms with Crippen LogP contribution < -0.4 is 15.5 Å². The van der Waals surface area contributed by atoms with Crippen molar-refractivity contribution < 1.29 is 18.7 Å². The second-order valence-electron chi connectivity index (χ2n) is 10.8. The fraction of sp³-hybridized carbons (Fsp3) is 0.333. The van der Waals surface area contributed by atoms with Crippen molar-refractivity contribution >= 4 is 29.3 Å². The van der Waals surface area contributed by atoms with Crippen LogP contribution in [0.25, 0.3) is 22.3 Å². The van der Waals surface area contributed by atoms with E-state index < -0.39 is 11.5 Å². The molecule has 40 heavy (non-hydrogen) atoms. The lowest BCUT2D eigenvalue weighted by atomic mass is 9.97. The molecule has 1 N–H and O–H groups in total. The fourth-order valence-corrected chi connectivity index (χ4v) is 4.21. The van der Waals surface area contributed by atoms with Gasteiger partial charge in [-0.05, 0) is 51.3 Å². The average Bonchev–Trinajstić information content (AvgIpc) is 2.94. The van der Waals surface area contributed by atoms with Crippen LogP contribution in [-0.4, -0.2) is 31.3 Å². The highest BCUT2D eigenvalue weighted by Gasteiger charge is 2.27. The van der Waals surface area contributed by atoms with Gasteiger partial charge in [-0.1, -0.05) is 73.7 Å². The van der Waals surface area contributed by atoms with E-state index in [-0.39, 0.29) is 36.5 Å². The van der Waals surface area contributed by atoms with Crippen molar-refractivity contribution in [3.63, 3.8) is 0 Å². The molecule has 2 atom stereocenters. The molecule has 0 saturated carbocycles. The molecule has 4 aromatic rings. The van der Waals surface area contributed by atoms with Crippen LogP contribution in [0, 0.1) is 5.41 Å². The van der Waals surface area contributed by atoms with E-state index in [1.807, 2.05) is 69.3 Å². The van der Waals surface area contributed by atoms with Gasteiger partial charge in [0, 0.05) is 24.2 Å². The van der Waals surface area contributed by atoms with Crippen LogP contribution in [0.4, 0.5) is 0 Å². The Balaban J connectivity index is 0.00000441. The number of carbonyl (C=O) groups is 1. The van der Waals surface area contributed by atoms with Crippen LogP contribution in [0.1, 0.15) is 39.7 Å². The summed E-state index contributed by atoms with van der Waals surface area (Å²) >= 11 is 0. The summed E-state index contributed by atoms with van der Waals surface area (Å²) in [5, 5.41) is 3.99. The quantitative estimate of drug-likeness (QED) is 0.202. The van der Waals surface area contributed by atoms with E-state index in [0.717, 1.165) is 18.4 Å². The zero-order valence-electron chi connectivity index (χ0n) is 23.5. The van der Waals surface area contributed by atoms with E-state index in [1.54, 1.807) is 18.2 Å². The first-order chi connectivity index (χ1) is 18.7. The lowest BCUT2D eigenvalue weighted by Crippen LogP contribution is -2.42. The molecule has 0 radical (unpaired) electrons. The molecule has 0 aliphatic carbocycles. The number of halogens is 1. The second-order valence-corrected chi connectivity index (χ2v) is 10.8. The van der Waals surface area contributed by atoms with Gasteiger partial charge in [0.2, 0.25) is 0 Å². The summed E-state index contributed by atoms with van der Waals surface area (Å²) in [5.74, 6) is 0.591. The molecule has 212 valence electrons. The first kappa shape index (κ1) is 30.9. The summed E-state index contributed by atoms with van der Waals surface area (Å²) < 4.78 is 18.2. The molecule has 3 aromatic carbocycles. The maximum absolute atomic E-state index is 12.9. The minimum Gasteiger partial charge on any atom is -0.486 e. The van der Waals surface area contributed by atoms with E-state index in [0.29, 0.717) is 29.0 Å². The Morgan fingerprint density at radius 3 is 2.27 bits per heavy atom. The van der Waals surface area contributed by atoms with Crippen molar-refractivity contribution in [2.75, 3.05) is 13.2 Å². The maximum atomic E-state index is 12.9. The van der Waals surface area contributed by atoms with Gasteiger partial charge in [-0.2, -0.15) is 0 Å². The molecule has 0 aliphatic heterocycles. The zero-order valence-corrected chi connectivity index (χ0v) is 24.3. The normalized spacial score (nSPS) is 12.8. The molecule has 7 heteroatoms. The summed E-state index contributed by atoms with van der Waals surface area (Å²) in [6.45, 7) is 8.15. The number of hydrogen-bond donors (Lipinski definition) is 1. The van der Waals surface area contributed by atoms with E-state index >= 15 is 0 Å². The van der Waals surface area contributed by atoms with Crippen molar-refractivity contribution in [1.82, 2.24) is 5.32 Å². The second kappa shape index (κ2) is 14.1. The van der Waals surface area contributed by atoms with Gasteiger partial charge in [0.05, 0.1) is 10.8 Å². The number of fused-ring (bicyclic) bond motifs is 1. The van der Waals surface area contributed by atoms with E-state index in [4.69, 9.17) is 13.9 Å². The van der Waals surface area contributed by atoms with Gasteiger partial charge < -0.3 is 19.2 Å². The topological polar surface area (TPSA) is 77.8 Å². The molecule has 1 aromatic heterocycles. The summed E-state index contributed by atoms with van der Waals surface area (Å²) in [4.78, 5) is 25.7. The summed E-state index contributed by atoms with van der Waals surface area (Å²) in [6, 6.07) is 26.7. The van der Waals surface area contributed by atoms with Crippen molar-refractivity contribution in [1.29, 1.82) is 0 Å². The van der Waals surface area contributed by atoms with Crippen molar-refractivity contribution in [2.45, 2.75) is 52.7 Å². The van der Waals surface area contributed by atoms with Crippen LogP contribution in [-0.2, 0) is 16.0 Å². The Hall–Kier alpha value is -3.61. The van der Waals surface area contributed by atoms with Crippen molar-refractivity contribution in [3.05, 3.63) is 101 Å². The Kier molecular flexibility index (Phi) is 10.9. The molecule has 0 saturated heterocycles. The zero-order chi connectivity index (χ0) is 27.8. The minimum atomic E-state index is -0.650. The highest BCUT2D eigenvalue weighted by Crippen LogP contribution is 2.29. The average molecular weight is 564 g/mol. The molecular formula is C33H38ClNO5. The summed E-state index contributed by atoms with van der Waals surface area (Å²) in [6.07, 6.45) is 1.25. The van der Waals surface area contributed by atoms with Gasteiger partial charge in [-0.3, -0.25) is 9.59 Å². The Labute approximate surface area is 242 Å². The van der Waals surface area contributed by atoms with Crippen molar-refractivity contribution in [2.24, 2.45) is 5.41 Å². The lowest BCUT2D eigenvalue weighted by Gasteiger charge is -2.26. The van der Waals surface area contributed by atoms with Crippen LogP contribution in [0.5, 0.6) is 5.75 Å². The van der Waals surface area contributed by atoms with E-state index in [2.05, 4.69) is 24.4 Å². The highest BCUT2D eigenvalue weighted by molar-refractivity contribution is 5.85. The summed E-state index contributed by atoms with van der Waals surface area (Å²) in [5.41, 5.74) is 1.62. The third kappa shape index (κ3) is 8.20. The molecule has 1 heterocycles. The summed E-state index contributed by atoms with van der Waals surface area (Å²) in [7, 11) is 0. The number of nitrogens with one attached hydrogen (secondary N) is 1. The van der Waals surface area contributed by atoms with Crippen molar-refractivity contribution in [3.8, 4) is 17.1 Å². The monoisotopic (exact) mass is 563 g/mol. The number of rotatable bonds is 11. The molecule has 2 unspecified atom stereocenters. The number of ether oxygens (including phenoxy) is 2. The SMILES string of the molecule is CCC(Cc1ccccc1)NCC(COc1cccc2c(=O)cc(-c3ccccc3)oc12)OC(=O)C(C)(C)C.Cl. The number of para-hydroxylation sites is 1. The van der Waals surface area contributed by atoms with Gasteiger partial charge in [0.25, 0.3) is 0 Å². The molecule has 4 rings (SSSR count). The largest absolute Gasteiger partial charge is 0.486 e. The first-order valence-corrected chi connectivity index (χ1v) is 13.5. The Morgan fingerprint density at radius 1 is 0.950 bits per heavy atom. The molecule has 0 aliphatic rings. The van der Waals surface area contributed by atoms with E-state index in [1.165, 1.54) is 11.6 Å². The fourth-order valence-electron chi connectivity index (χ4n) is 4.21. The van der Waals surface area contributed by atoms with E-state index in [9.17, 15) is 9.59 Å². The molecule has 0 fully saturated rings. The van der Waals surface area contributed by atoms with Crippen LogP contribution in [0.2, 0.25) is 0 Å². The third-order valence-corrected chi connectivity index (χ3v) is 6.54. The maximum Gasteiger partial charge on any atom is 0.311 e. The third-order valence-electron chi connectivity index (χ3n) is 6.54. The number of esters is 1. The van der Waals surface area contributed by atoms with Crippen LogP contribution >= 0.6 is 12.4 Å². The number of benzene rings is 3. The molecule has 6 nitrogen and oxygen atoms in total. The first-order valence-electron chi connectivity index (χ1n) is 13.5. The van der Waals surface area contributed by atoms with Gasteiger partial charge >= 0.3 is 5.97 Å². The van der Waals surface area contributed by atoms with Crippen LogP contribution in [0.15, 0.2) is 94.1 Å². The van der Waals surface area contributed by atoms with Gasteiger partial charge in [-0.15, -0.1) is 12.4 Å². The standard InChI is InChI=1S/C33H37NO5.ClH/c1-5-25(19-23-13-8-6-9-14-23)34-21-26(38-32(36)33(2,3)4)22-37-29-18-12-17-27-28(35)20-30(39-31(27)29)24-15-10-7-11-16-24;/h6-18,20,25-26,34H,5,19,21-22H2,1-4H3;1H. The lowest BCUT2D eigenvalue weighted by molar-refractivity contribution is -0.160. The van der Waals surface area contributed by atoms with Gasteiger partial charge in [-0.25, -0.2) is 0 Å². The smallest absolute Gasteiger partial charge is 0.311 e. The highest BCUT2D eigenvalue weighted by atomic mass is 35.5. The molecule has 0 spiro atoms. The Bertz CT molecular complexity index is 1430. The van der Waals surface area contributed by atoms with Gasteiger partial charge in [0.1, 0.15) is 18.5 Å². The predicted molar refractivity (Wildman–Crippen MR) is 162 cm³/mol. The molecule has 0 amide bonds. The minimum absolute atomic E-state index is 0. The molecular weight excluding hydrogens is 526 g/mol. The number of carbonyl (C=O) groups excluding carboxylic acids is 1. The van der Waals surface area contributed by atoms with Crippen LogP contribution in [0.3, 0.4) is 0 Å². The Morgan fingerprint density at radius 2 is 1.62 bits per heavy atom.